The van der Waals surface area contributed by atoms with Gasteiger partial charge in [-0.3, -0.25) is 9.78 Å². The summed E-state index contributed by atoms with van der Waals surface area (Å²) < 4.78 is 46.7. The van der Waals surface area contributed by atoms with Crippen molar-refractivity contribution in [3.05, 3.63) is 77.2 Å². The zero-order valence-corrected chi connectivity index (χ0v) is 19.1. The maximum Gasteiger partial charge on any atom is 0.307 e. The van der Waals surface area contributed by atoms with Crippen LogP contribution in [0.25, 0.3) is 17.0 Å². The van der Waals surface area contributed by atoms with E-state index in [-0.39, 0.29) is 12.1 Å². The smallest absolute Gasteiger partial charge is 0.307 e. The number of hydrogen-bond acceptors (Lipinski definition) is 4. The molecule has 0 bridgehead atoms. The summed E-state index contributed by atoms with van der Waals surface area (Å²) >= 11 is 0. The van der Waals surface area contributed by atoms with Gasteiger partial charge in [-0.1, -0.05) is 12.2 Å². The zero-order chi connectivity index (χ0) is 24.7. The molecule has 1 heterocycles. The predicted molar refractivity (Wildman–Crippen MR) is 125 cm³/mol. The number of carboxylic acid groups (broad SMARTS) is 1. The molecule has 34 heavy (non-hydrogen) atoms. The molecular weight excluding hydrogens is 445 g/mol. The molecule has 0 aliphatic rings. The lowest BCUT2D eigenvalue weighted by Crippen LogP contribution is -2.30. The molecule has 3 rings (SSSR count). The van der Waals surface area contributed by atoms with Crippen LogP contribution in [0.5, 0.6) is 5.75 Å². The number of methoxy groups -OCH3 is 1. The first-order valence-corrected chi connectivity index (χ1v) is 10.9. The van der Waals surface area contributed by atoms with E-state index in [2.05, 4.69) is 4.98 Å². The second kappa shape index (κ2) is 11.7. The van der Waals surface area contributed by atoms with Crippen molar-refractivity contribution in [2.45, 2.75) is 19.3 Å². The second-order valence-corrected chi connectivity index (χ2v) is 8.18. The monoisotopic (exact) mass is 472 g/mol. The van der Waals surface area contributed by atoms with Gasteiger partial charge in [0.05, 0.1) is 24.7 Å². The van der Waals surface area contributed by atoms with Gasteiger partial charge in [-0.2, -0.15) is 0 Å². The quantitative estimate of drug-likeness (QED) is 0.409. The number of halogens is 3. The Labute approximate surface area is 196 Å². The molecule has 0 fully saturated rings. The van der Waals surface area contributed by atoms with Crippen molar-refractivity contribution in [2.75, 3.05) is 27.2 Å². The number of rotatable bonds is 11. The van der Waals surface area contributed by atoms with Gasteiger partial charge < -0.3 is 14.7 Å². The van der Waals surface area contributed by atoms with Crippen molar-refractivity contribution >= 4 is 22.9 Å². The average Bonchev–Trinajstić information content (AvgIpc) is 2.81. The Hall–Kier alpha value is -3.39. The third-order valence-electron chi connectivity index (χ3n) is 5.67. The van der Waals surface area contributed by atoms with Gasteiger partial charge in [-0.25, -0.2) is 13.2 Å². The molecule has 180 valence electrons. The summed E-state index contributed by atoms with van der Waals surface area (Å²) in [5, 5.41) is 10.3. The van der Waals surface area contributed by atoms with Crippen LogP contribution in [0.1, 0.15) is 24.0 Å². The average molecular weight is 473 g/mol. The first-order chi connectivity index (χ1) is 16.3. The Bertz CT molecular complexity index is 1180. The van der Waals surface area contributed by atoms with Crippen LogP contribution < -0.4 is 4.74 Å². The molecule has 0 unspecified atom stereocenters. The van der Waals surface area contributed by atoms with Gasteiger partial charge in [0.25, 0.3) is 0 Å². The Kier molecular flexibility index (Phi) is 8.65. The fourth-order valence-electron chi connectivity index (χ4n) is 3.85. The third-order valence-corrected chi connectivity index (χ3v) is 5.67. The minimum Gasteiger partial charge on any atom is -0.497 e. The molecule has 8 heteroatoms. The number of benzene rings is 2. The van der Waals surface area contributed by atoms with E-state index >= 15 is 0 Å². The third kappa shape index (κ3) is 6.57. The Morgan fingerprint density at radius 1 is 1.18 bits per heavy atom. The molecule has 5 nitrogen and oxygen atoms in total. The molecule has 1 aromatic heterocycles. The maximum absolute atomic E-state index is 14.5. The number of aromatic nitrogens is 1. The summed E-state index contributed by atoms with van der Waals surface area (Å²) in [5.74, 6) is -2.49. The summed E-state index contributed by atoms with van der Waals surface area (Å²) in [4.78, 5) is 17.7. The number of carbonyl (C=O) groups is 1. The second-order valence-electron chi connectivity index (χ2n) is 8.18. The number of fused-ring (bicyclic) bond motifs is 1. The van der Waals surface area contributed by atoms with E-state index in [0.29, 0.717) is 48.0 Å². The van der Waals surface area contributed by atoms with Crippen LogP contribution in [0.15, 0.2) is 48.7 Å². The normalized spacial score (nSPS) is 12.5. The van der Waals surface area contributed by atoms with E-state index in [1.807, 2.05) is 0 Å². The highest BCUT2D eigenvalue weighted by atomic mass is 19.1. The van der Waals surface area contributed by atoms with Gasteiger partial charge in [0.15, 0.2) is 0 Å². The highest BCUT2D eigenvalue weighted by molar-refractivity contribution is 5.83. The van der Waals surface area contributed by atoms with Gasteiger partial charge in [-0.05, 0) is 68.3 Å². The van der Waals surface area contributed by atoms with Crippen LogP contribution in [-0.4, -0.2) is 48.2 Å². The summed E-state index contributed by atoms with van der Waals surface area (Å²) in [6.07, 6.45) is 5.50. The number of hydrogen-bond donors (Lipinski definition) is 1. The molecule has 2 aromatic carbocycles. The SMILES string of the molecule is COc1ccc2ncc(F)c(CCC[C@@H](CN(C)C/C=C/c3cc(F)ccc3F)C(=O)O)c2c1. The number of carboxylic acids is 1. The fourth-order valence-corrected chi connectivity index (χ4v) is 3.85. The van der Waals surface area contributed by atoms with Crippen LogP contribution >= 0.6 is 0 Å². The number of nitrogens with zero attached hydrogens (tertiary/aromatic N) is 2. The van der Waals surface area contributed by atoms with E-state index in [9.17, 15) is 23.1 Å². The lowest BCUT2D eigenvalue weighted by molar-refractivity contribution is -0.142. The van der Waals surface area contributed by atoms with Crippen molar-refractivity contribution < 1.29 is 27.8 Å². The largest absolute Gasteiger partial charge is 0.497 e. The zero-order valence-electron chi connectivity index (χ0n) is 19.1. The van der Waals surface area contributed by atoms with Crippen molar-refractivity contribution in [3.8, 4) is 5.75 Å². The lowest BCUT2D eigenvalue weighted by Gasteiger charge is -2.20. The van der Waals surface area contributed by atoms with Crippen LogP contribution in [-0.2, 0) is 11.2 Å². The fraction of sp³-hybridized carbons (Fsp3) is 0.308. The molecule has 0 spiro atoms. The predicted octanol–water partition coefficient (Wildman–Crippen LogP) is 5.33. The minimum atomic E-state index is -0.936. The van der Waals surface area contributed by atoms with Crippen molar-refractivity contribution in [2.24, 2.45) is 5.92 Å². The molecule has 0 aliphatic heterocycles. The lowest BCUT2D eigenvalue weighted by atomic mass is 9.97. The van der Waals surface area contributed by atoms with Crippen molar-refractivity contribution in [1.82, 2.24) is 9.88 Å². The van der Waals surface area contributed by atoms with E-state index < -0.39 is 29.3 Å². The van der Waals surface area contributed by atoms with E-state index in [0.717, 1.165) is 18.2 Å². The summed E-state index contributed by atoms with van der Waals surface area (Å²) in [6, 6.07) is 8.46. The molecule has 3 aromatic rings. The molecule has 0 saturated heterocycles. The molecule has 0 aliphatic carbocycles. The summed E-state index contributed by atoms with van der Waals surface area (Å²) in [5.41, 5.74) is 1.26. The molecule has 0 saturated carbocycles. The molecular formula is C26H27F3N2O3. The van der Waals surface area contributed by atoms with Gasteiger partial charge in [0.1, 0.15) is 23.2 Å². The van der Waals surface area contributed by atoms with Gasteiger partial charge in [0.2, 0.25) is 0 Å². The first kappa shape index (κ1) is 25.2. The highest BCUT2D eigenvalue weighted by Gasteiger charge is 2.20. The first-order valence-electron chi connectivity index (χ1n) is 10.9. The number of aryl methyl sites for hydroxylation is 1. The van der Waals surface area contributed by atoms with Crippen molar-refractivity contribution in [3.63, 3.8) is 0 Å². The van der Waals surface area contributed by atoms with Crippen molar-refractivity contribution in [1.29, 1.82) is 0 Å². The van der Waals surface area contributed by atoms with Gasteiger partial charge >= 0.3 is 5.97 Å². The van der Waals surface area contributed by atoms with Crippen LogP contribution in [0.2, 0.25) is 0 Å². The van der Waals surface area contributed by atoms with Crippen LogP contribution in [0.3, 0.4) is 0 Å². The van der Waals surface area contributed by atoms with E-state index in [4.69, 9.17) is 4.74 Å². The molecule has 1 N–H and O–H groups in total. The Morgan fingerprint density at radius 2 is 1.97 bits per heavy atom. The summed E-state index contributed by atoms with van der Waals surface area (Å²) in [7, 11) is 3.29. The standard InChI is InChI=1S/C26H27F3N2O3/c1-31(12-4-6-17-13-19(27)8-10-23(17)28)16-18(26(32)33)5-3-7-21-22-14-20(34-2)9-11-25(22)30-15-24(21)29/h4,6,8-11,13-15,18H,3,5,7,12,16H2,1-2H3,(H,32,33)/b6-4+/t18-/m0/s1. The number of aliphatic carboxylic acids is 1. The number of ether oxygens (including phenoxy) is 1. The molecule has 1 atom stereocenters. The highest BCUT2D eigenvalue weighted by Crippen LogP contribution is 2.26. The van der Waals surface area contributed by atoms with Gasteiger partial charge in [0, 0.05) is 24.0 Å². The van der Waals surface area contributed by atoms with Crippen LogP contribution in [0.4, 0.5) is 13.2 Å². The molecule has 0 amide bonds. The Balaban J connectivity index is 1.59. The van der Waals surface area contributed by atoms with Gasteiger partial charge in [-0.15, -0.1) is 0 Å². The summed E-state index contributed by atoms with van der Waals surface area (Å²) in [6.45, 7) is 0.627. The van der Waals surface area contributed by atoms with E-state index in [1.54, 1.807) is 36.2 Å². The van der Waals surface area contributed by atoms with Crippen LogP contribution in [0, 0.1) is 23.4 Å². The Morgan fingerprint density at radius 3 is 2.71 bits per heavy atom. The van der Waals surface area contributed by atoms with E-state index in [1.165, 1.54) is 19.4 Å². The number of likely N-dealkylation sites (N-methyl/N-ethyl adjacent to an activating group) is 1. The minimum absolute atomic E-state index is 0.131. The topological polar surface area (TPSA) is 62.7 Å². The molecule has 0 radical (unpaired) electrons. The maximum atomic E-state index is 14.5. The number of pyridine rings is 1.